The molecule has 5 nitrogen and oxygen atoms in total. The third-order valence-electron chi connectivity index (χ3n) is 1.96. The maximum Gasteiger partial charge on any atom is 0.150 e. The third kappa shape index (κ3) is 4.03. The maximum atomic E-state index is 13.3. The summed E-state index contributed by atoms with van der Waals surface area (Å²) in [6, 6.07) is 3.99. The highest BCUT2D eigenvalue weighted by Gasteiger charge is 2.13. The molecule has 0 aromatic heterocycles. The summed E-state index contributed by atoms with van der Waals surface area (Å²) >= 11 is 0. The van der Waals surface area contributed by atoms with Gasteiger partial charge in [-0.1, -0.05) is 6.07 Å². The van der Waals surface area contributed by atoms with Gasteiger partial charge in [0.25, 0.3) is 0 Å². The second kappa shape index (κ2) is 5.13. The van der Waals surface area contributed by atoms with E-state index in [1.165, 1.54) is 12.1 Å². The predicted molar refractivity (Wildman–Crippen MR) is 62.6 cm³/mol. The normalized spacial score (nSPS) is 11.2. The number of sulfone groups is 1. The second-order valence-corrected chi connectivity index (χ2v) is 5.76. The number of ether oxygens (including phenoxy) is 1. The van der Waals surface area contributed by atoms with Crippen molar-refractivity contribution in [2.75, 3.05) is 18.6 Å². The lowest BCUT2D eigenvalue weighted by Gasteiger charge is -2.10. The van der Waals surface area contributed by atoms with Crippen molar-refractivity contribution in [3.63, 3.8) is 0 Å². The Bertz CT molecular complexity index is 528. The van der Waals surface area contributed by atoms with Crippen LogP contribution in [0.2, 0.25) is 0 Å². The Kier molecular flexibility index (Phi) is 4.06. The first kappa shape index (κ1) is 13.4. The van der Waals surface area contributed by atoms with E-state index in [9.17, 15) is 12.8 Å². The van der Waals surface area contributed by atoms with Crippen LogP contribution in [-0.4, -0.2) is 32.9 Å². The van der Waals surface area contributed by atoms with Crippen molar-refractivity contribution < 1.29 is 17.5 Å². The summed E-state index contributed by atoms with van der Waals surface area (Å²) < 4.78 is 40.2. The number of benzene rings is 1. The van der Waals surface area contributed by atoms with E-state index >= 15 is 0 Å². The molecule has 94 valence electrons. The Labute approximate surface area is 98.8 Å². The van der Waals surface area contributed by atoms with E-state index < -0.39 is 21.5 Å². The Morgan fingerprint density at radius 3 is 2.71 bits per heavy atom. The fraction of sp³-hybridized carbons (Fsp3) is 0.300. The fourth-order valence-corrected chi connectivity index (χ4v) is 1.58. The molecule has 1 rings (SSSR count). The van der Waals surface area contributed by atoms with Crippen molar-refractivity contribution >= 4 is 15.7 Å². The summed E-state index contributed by atoms with van der Waals surface area (Å²) in [5.41, 5.74) is 5.07. The number of hydrogen-bond acceptors (Lipinski definition) is 4. The van der Waals surface area contributed by atoms with Gasteiger partial charge >= 0.3 is 0 Å². The SMILES string of the molecule is CS(=O)(=O)CCOc1cccc(F)c1C(=N)N. The van der Waals surface area contributed by atoms with E-state index in [-0.39, 0.29) is 23.7 Å². The van der Waals surface area contributed by atoms with Gasteiger partial charge in [-0.2, -0.15) is 0 Å². The van der Waals surface area contributed by atoms with Crippen molar-refractivity contribution in [1.29, 1.82) is 5.41 Å². The van der Waals surface area contributed by atoms with Gasteiger partial charge in [-0.25, -0.2) is 12.8 Å². The smallest absolute Gasteiger partial charge is 0.150 e. The van der Waals surface area contributed by atoms with Crippen LogP contribution in [-0.2, 0) is 9.84 Å². The second-order valence-electron chi connectivity index (χ2n) is 3.50. The molecule has 0 spiro atoms. The van der Waals surface area contributed by atoms with Crippen molar-refractivity contribution in [3.8, 4) is 5.75 Å². The highest BCUT2D eigenvalue weighted by atomic mass is 32.2. The number of amidine groups is 1. The van der Waals surface area contributed by atoms with Gasteiger partial charge < -0.3 is 10.5 Å². The van der Waals surface area contributed by atoms with Gasteiger partial charge in [0, 0.05) is 6.26 Å². The first-order valence-corrected chi connectivity index (χ1v) is 6.81. The van der Waals surface area contributed by atoms with Gasteiger partial charge in [-0.05, 0) is 12.1 Å². The highest BCUT2D eigenvalue weighted by Crippen LogP contribution is 2.20. The van der Waals surface area contributed by atoms with Crippen LogP contribution in [0.1, 0.15) is 5.56 Å². The number of hydrogen-bond donors (Lipinski definition) is 2. The molecule has 0 saturated carbocycles. The number of nitrogen functional groups attached to an aromatic ring is 1. The van der Waals surface area contributed by atoms with E-state index in [0.29, 0.717) is 0 Å². The van der Waals surface area contributed by atoms with Gasteiger partial charge in [0.2, 0.25) is 0 Å². The molecule has 0 aliphatic carbocycles. The number of nitrogens with two attached hydrogens (primary N) is 1. The molecule has 0 aliphatic rings. The molecule has 0 bridgehead atoms. The molecule has 0 radical (unpaired) electrons. The Balaban J connectivity index is 2.85. The topological polar surface area (TPSA) is 93.2 Å². The lowest BCUT2D eigenvalue weighted by Crippen LogP contribution is -2.17. The summed E-state index contributed by atoms with van der Waals surface area (Å²) in [6.07, 6.45) is 1.08. The summed E-state index contributed by atoms with van der Waals surface area (Å²) in [6.45, 7) is -0.109. The Morgan fingerprint density at radius 2 is 2.18 bits per heavy atom. The summed E-state index contributed by atoms with van der Waals surface area (Å²) in [5, 5.41) is 7.21. The molecule has 0 amide bonds. The molecule has 0 aliphatic heterocycles. The first-order valence-electron chi connectivity index (χ1n) is 4.74. The van der Waals surface area contributed by atoms with Crippen LogP contribution in [0.5, 0.6) is 5.75 Å². The molecule has 0 heterocycles. The number of rotatable bonds is 5. The Morgan fingerprint density at radius 1 is 1.53 bits per heavy atom. The average Bonchev–Trinajstić information content (AvgIpc) is 2.14. The fourth-order valence-electron chi connectivity index (χ4n) is 1.19. The van der Waals surface area contributed by atoms with Crippen LogP contribution in [0.4, 0.5) is 4.39 Å². The van der Waals surface area contributed by atoms with Crippen LogP contribution in [0.3, 0.4) is 0 Å². The lowest BCUT2D eigenvalue weighted by molar-refractivity contribution is 0.338. The highest BCUT2D eigenvalue weighted by molar-refractivity contribution is 7.90. The molecule has 0 fully saturated rings. The van der Waals surface area contributed by atoms with Crippen molar-refractivity contribution in [1.82, 2.24) is 0 Å². The quantitative estimate of drug-likeness (QED) is 0.596. The average molecular weight is 260 g/mol. The minimum absolute atomic E-state index is 0.0705. The van der Waals surface area contributed by atoms with Crippen LogP contribution in [0.15, 0.2) is 18.2 Å². The van der Waals surface area contributed by atoms with Crippen molar-refractivity contribution in [2.45, 2.75) is 0 Å². The minimum Gasteiger partial charge on any atom is -0.492 e. The van der Waals surface area contributed by atoms with Crippen molar-refractivity contribution in [2.24, 2.45) is 5.73 Å². The zero-order chi connectivity index (χ0) is 13.1. The van der Waals surface area contributed by atoms with E-state index in [0.717, 1.165) is 12.3 Å². The molecule has 0 unspecified atom stereocenters. The molecule has 17 heavy (non-hydrogen) atoms. The molecule has 1 aromatic carbocycles. The molecule has 1 aromatic rings. The van der Waals surface area contributed by atoms with Gasteiger partial charge in [-0.3, -0.25) is 5.41 Å². The van der Waals surface area contributed by atoms with Crippen molar-refractivity contribution in [3.05, 3.63) is 29.6 Å². The summed E-state index contributed by atoms with van der Waals surface area (Å²) in [4.78, 5) is 0. The van der Waals surface area contributed by atoms with Crippen LogP contribution in [0.25, 0.3) is 0 Å². The Hall–Kier alpha value is -1.63. The molecule has 7 heteroatoms. The third-order valence-corrected chi connectivity index (χ3v) is 2.86. The minimum atomic E-state index is -3.14. The van der Waals surface area contributed by atoms with E-state index in [4.69, 9.17) is 15.9 Å². The van der Waals surface area contributed by atoms with Gasteiger partial charge in [0.05, 0.1) is 11.3 Å². The molecule has 0 atom stereocenters. The van der Waals surface area contributed by atoms with Crippen LogP contribution >= 0.6 is 0 Å². The maximum absolute atomic E-state index is 13.3. The van der Waals surface area contributed by atoms with E-state index in [2.05, 4.69) is 0 Å². The monoisotopic (exact) mass is 260 g/mol. The summed E-state index contributed by atoms with van der Waals surface area (Å²) in [5.74, 6) is -1.24. The standard InChI is InChI=1S/C10H13FN2O3S/c1-17(14,15)6-5-16-8-4-2-3-7(11)9(8)10(12)13/h2-4H,5-6H2,1H3,(H3,12,13). The van der Waals surface area contributed by atoms with E-state index in [1.54, 1.807) is 0 Å². The van der Waals surface area contributed by atoms with Crippen LogP contribution in [0, 0.1) is 11.2 Å². The molecular formula is C10H13FN2O3S. The largest absolute Gasteiger partial charge is 0.492 e. The van der Waals surface area contributed by atoms with Crippen LogP contribution < -0.4 is 10.5 Å². The van der Waals surface area contributed by atoms with E-state index in [1.807, 2.05) is 0 Å². The van der Waals surface area contributed by atoms with Gasteiger partial charge in [0.1, 0.15) is 24.0 Å². The first-order chi connectivity index (χ1) is 7.81. The number of halogens is 1. The van der Waals surface area contributed by atoms with Gasteiger partial charge in [-0.15, -0.1) is 0 Å². The number of nitrogens with one attached hydrogen (secondary N) is 1. The molecular weight excluding hydrogens is 247 g/mol. The van der Waals surface area contributed by atoms with Gasteiger partial charge in [0.15, 0.2) is 9.84 Å². The molecule has 3 N–H and O–H groups in total. The zero-order valence-electron chi connectivity index (χ0n) is 9.23. The zero-order valence-corrected chi connectivity index (χ0v) is 10.1. The summed E-state index contributed by atoms with van der Waals surface area (Å²) in [7, 11) is -3.14. The lowest BCUT2D eigenvalue weighted by atomic mass is 10.1. The molecule has 0 saturated heterocycles. The predicted octanol–water partition coefficient (Wildman–Crippen LogP) is 0.533.